The summed E-state index contributed by atoms with van der Waals surface area (Å²) in [6, 6.07) is 20.6. The Labute approximate surface area is 209 Å². The molecule has 8 heteroatoms. The minimum absolute atomic E-state index is 0.177. The molecule has 0 aliphatic carbocycles. The minimum atomic E-state index is -0.406. The van der Waals surface area contributed by atoms with Crippen LogP contribution in [-0.4, -0.2) is 29.9 Å². The third-order valence-electron chi connectivity index (χ3n) is 5.66. The fourth-order valence-electron chi connectivity index (χ4n) is 3.80. The number of anilines is 1. The maximum absolute atomic E-state index is 13.5. The summed E-state index contributed by atoms with van der Waals surface area (Å²) in [5.74, 6) is 1.95. The summed E-state index contributed by atoms with van der Waals surface area (Å²) in [5, 5.41) is 7.55. The molecule has 0 saturated carbocycles. The molecule has 4 rings (SSSR count). The molecule has 0 radical (unpaired) electrons. The molecule has 0 atom stereocenters. The number of hydrogen-bond acceptors (Lipinski definition) is 5. The predicted molar refractivity (Wildman–Crippen MR) is 136 cm³/mol. The van der Waals surface area contributed by atoms with Crippen molar-refractivity contribution in [2.45, 2.75) is 26.2 Å². The summed E-state index contributed by atoms with van der Waals surface area (Å²) in [6.07, 6.45) is 1.23. The molecule has 0 bridgehead atoms. The zero-order valence-electron chi connectivity index (χ0n) is 20.5. The minimum Gasteiger partial charge on any atom is -0.497 e. The van der Waals surface area contributed by atoms with E-state index in [9.17, 15) is 9.18 Å². The fraction of sp³-hybridized carbons (Fsp3) is 0.214. The summed E-state index contributed by atoms with van der Waals surface area (Å²) in [7, 11) is 3.22. The van der Waals surface area contributed by atoms with Crippen molar-refractivity contribution in [1.82, 2.24) is 9.78 Å². The van der Waals surface area contributed by atoms with Crippen LogP contribution in [0.15, 0.2) is 72.8 Å². The Balaban J connectivity index is 1.65. The molecular weight excluding hydrogens is 461 g/mol. The number of methoxy groups -OCH3 is 2. The Morgan fingerprint density at radius 2 is 1.58 bits per heavy atom. The highest BCUT2D eigenvalue weighted by Crippen LogP contribution is 2.33. The average Bonchev–Trinajstić information content (AvgIpc) is 3.25. The van der Waals surface area contributed by atoms with Crippen LogP contribution in [0.2, 0.25) is 0 Å². The first-order valence-electron chi connectivity index (χ1n) is 11.6. The molecule has 0 spiro atoms. The molecular formula is C28H28FN3O4. The summed E-state index contributed by atoms with van der Waals surface area (Å²) >= 11 is 0. The van der Waals surface area contributed by atoms with E-state index >= 15 is 0 Å². The summed E-state index contributed by atoms with van der Waals surface area (Å²) in [5.41, 5.74) is 2.87. The number of hydrogen-bond donors (Lipinski definition) is 1. The summed E-state index contributed by atoms with van der Waals surface area (Å²) in [4.78, 5) is 12.7. The molecule has 0 unspecified atom stereocenters. The van der Waals surface area contributed by atoms with Crippen molar-refractivity contribution in [3.8, 4) is 28.8 Å². The number of nitrogens with one attached hydrogen (secondary N) is 1. The summed E-state index contributed by atoms with van der Waals surface area (Å²) < 4.78 is 32.1. The van der Waals surface area contributed by atoms with Crippen LogP contribution < -0.4 is 19.5 Å². The first-order chi connectivity index (χ1) is 17.5. The van der Waals surface area contributed by atoms with Crippen molar-refractivity contribution in [2.24, 2.45) is 0 Å². The van der Waals surface area contributed by atoms with Crippen LogP contribution >= 0.6 is 0 Å². The van der Waals surface area contributed by atoms with E-state index < -0.39 is 5.82 Å². The smallest absolute Gasteiger partial charge is 0.226 e. The van der Waals surface area contributed by atoms with E-state index in [-0.39, 0.29) is 12.3 Å². The van der Waals surface area contributed by atoms with Crippen molar-refractivity contribution < 1.29 is 23.4 Å². The van der Waals surface area contributed by atoms with Gasteiger partial charge in [0.05, 0.1) is 25.6 Å². The number of ether oxygens (including phenoxy) is 3. The first-order valence-corrected chi connectivity index (χ1v) is 11.6. The molecule has 1 amide bonds. The number of aryl methyl sites for hydroxylation is 1. The maximum atomic E-state index is 13.5. The van der Waals surface area contributed by atoms with Gasteiger partial charge in [0.2, 0.25) is 11.8 Å². The van der Waals surface area contributed by atoms with Crippen molar-refractivity contribution in [3.63, 3.8) is 0 Å². The maximum Gasteiger partial charge on any atom is 0.226 e. The van der Waals surface area contributed by atoms with Crippen LogP contribution in [0, 0.1) is 5.82 Å². The highest BCUT2D eigenvalue weighted by Gasteiger charge is 2.21. The third-order valence-corrected chi connectivity index (χ3v) is 5.66. The second kappa shape index (κ2) is 11.4. The summed E-state index contributed by atoms with van der Waals surface area (Å²) in [6.45, 7) is 2.01. The molecule has 0 aliphatic rings. The molecule has 0 fully saturated rings. The lowest BCUT2D eigenvalue weighted by molar-refractivity contribution is -0.116. The van der Waals surface area contributed by atoms with E-state index in [4.69, 9.17) is 19.3 Å². The average molecular weight is 490 g/mol. The van der Waals surface area contributed by atoms with Crippen LogP contribution in [-0.2, 0) is 17.6 Å². The first kappa shape index (κ1) is 24.8. The van der Waals surface area contributed by atoms with E-state index in [0.717, 1.165) is 28.4 Å². The van der Waals surface area contributed by atoms with Crippen molar-refractivity contribution in [3.05, 3.63) is 89.9 Å². The number of nitrogens with zero attached hydrogens (tertiary/aromatic N) is 2. The standard InChI is InChI=1S/C28H28FN3O4/c1-4-26-25(16-17-27(33)30-20-7-5-6-19(29)18-20)28(36-24-14-12-23(35-3)13-15-24)32(31-26)21-8-10-22(34-2)11-9-21/h5-15,18H,4,16-17H2,1-3H3,(H,30,33). The largest absolute Gasteiger partial charge is 0.497 e. The van der Waals surface area contributed by atoms with Crippen LogP contribution in [0.3, 0.4) is 0 Å². The lowest BCUT2D eigenvalue weighted by atomic mass is 10.1. The number of carbonyl (C=O) groups is 1. The van der Waals surface area contributed by atoms with Gasteiger partial charge in [-0.15, -0.1) is 0 Å². The van der Waals surface area contributed by atoms with E-state index in [1.165, 1.54) is 12.1 Å². The molecule has 1 aromatic heterocycles. The topological polar surface area (TPSA) is 74.6 Å². The Bertz CT molecular complexity index is 1320. The van der Waals surface area contributed by atoms with Crippen molar-refractivity contribution in [2.75, 3.05) is 19.5 Å². The molecule has 0 aliphatic heterocycles. The van der Waals surface area contributed by atoms with Gasteiger partial charge in [-0.3, -0.25) is 4.79 Å². The SMILES string of the molecule is CCc1nn(-c2ccc(OC)cc2)c(Oc2ccc(OC)cc2)c1CCC(=O)Nc1cccc(F)c1. The zero-order valence-corrected chi connectivity index (χ0v) is 20.5. The fourth-order valence-corrected chi connectivity index (χ4v) is 3.80. The second-order valence-corrected chi connectivity index (χ2v) is 8.03. The molecule has 0 saturated heterocycles. The predicted octanol–water partition coefficient (Wildman–Crippen LogP) is 5.95. The van der Waals surface area contributed by atoms with Gasteiger partial charge in [-0.2, -0.15) is 5.10 Å². The molecule has 7 nitrogen and oxygen atoms in total. The van der Waals surface area contributed by atoms with E-state index in [1.807, 2.05) is 55.5 Å². The van der Waals surface area contributed by atoms with Crippen LogP contribution in [0.25, 0.3) is 5.69 Å². The monoisotopic (exact) mass is 489 g/mol. The Hall–Kier alpha value is -4.33. The zero-order chi connectivity index (χ0) is 25.5. The number of rotatable bonds is 10. The van der Waals surface area contributed by atoms with Gasteiger partial charge < -0.3 is 19.5 Å². The molecule has 186 valence electrons. The quantitative estimate of drug-likeness (QED) is 0.298. The molecule has 4 aromatic rings. The number of amides is 1. The Morgan fingerprint density at radius 1 is 0.944 bits per heavy atom. The number of aromatic nitrogens is 2. The van der Waals surface area contributed by atoms with Gasteiger partial charge in [0, 0.05) is 17.7 Å². The highest BCUT2D eigenvalue weighted by molar-refractivity contribution is 5.90. The Kier molecular flexibility index (Phi) is 7.85. The van der Waals surface area contributed by atoms with Gasteiger partial charge in [-0.25, -0.2) is 9.07 Å². The van der Waals surface area contributed by atoms with E-state index in [0.29, 0.717) is 30.2 Å². The van der Waals surface area contributed by atoms with E-state index in [2.05, 4.69) is 5.32 Å². The van der Waals surface area contributed by atoms with Crippen molar-refractivity contribution in [1.29, 1.82) is 0 Å². The molecule has 1 heterocycles. The van der Waals surface area contributed by atoms with E-state index in [1.54, 1.807) is 31.0 Å². The second-order valence-electron chi connectivity index (χ2n) is 8.03. The molecule has 1 N–H and O–H groups in total. The van der Waals surface area contributed by atoms with Gasteiger partial charge in [0.1, 0.15) is 23.1 Å². The van der Waals surface area contributed by atoms with Crippen molar-refractivity contribution >= 4 is 11.6 Å². The number of carbonyl (C=O) groups excluding carboxylic acids is 1. The van der Waals surface area contributed by atoms with Gasteiger partial charge in [-0.05, 0) is 79.6 Å². The molecule has 36 heavy (non-hydrogen) atoms. The van der Waals surface area contributed by atoms with Gasteiger partial charge in [-0.1, -0.05) is 13.0 Å². The highest BCUT2D eigenvalue weighted by atomic mass is 19.1. The van der Waals surface area contributed by atoms with Crippen LogP contribution in [0.1, 0.15) is 24.6 Å². The Morgan fingerprint density at radius 3 is 2.19 bits per heavy atom. The lowest BCUT2D eigenvalue weighted by Gasteiger charge is -2.12. The normalized spacial score (nSPS) is 10.7. The van der Waals surface area contributed by atoms with Gasteiger partial charge >= 0.3 is 0 Å². The van der Waals surface area contributed by atoms with Gasteiger partial charge in [0.15, 0.2) is 0 Å². The number of benzene rings is 3. The third kappa shape index (κ3) is 5.83. The van der Waals surface area contributed by atoms with Gasteiger partial charge in [0.25, 0.3) is 0 Å². The van der Waals surface area contributed by atoms with Crippen LogP contribution in [0.5, 0.6) is 23.1 Å². The number of halogens is 1. The lowest BCUT2D eigenvalue weighted by Crippen LogP contribution is -2.13. The molecule has 3 aromatic carbocycles. The van der Waals surface area contributed by atoms with Crippen LogP contribution in [0.4, 0.5) is 10.1 Å².